The lowest BCUT2D eigenvalue weighted by molar-refractivity contribution is -0.143. The first-order valence-electron chi connectivity index (χ1n) is 6.41. The van der Waals surface area contributed by atoms with Crippen molar-refractivity contribution in [2.24, 2.45) is 5.92 Å². The van der Waals surface area contributed by atoms with Gasteiger partial charge in [0.25, 0.3) is 0 Å². The lowest BCUT2D eigenvalue weighted by Crippen LogP contribution is -2.52. The van der Waals surface area contributed by atoms with Gasteiger partial charge in [0, 0.05) is 38.6 Å². The van der Waals surface area contributed by atoms with E-state index >= 15 is 0 Å². The smallest absolute Gasteiger partial charge is 0.305 e. The molecule has 0 atom stereocenters. The van der Waals surface area contributed by atoms with Gasteiger partial charge in [-0.05, 0) is 13.3 Å². The maximum Gasteiger partial charge on any atom is 0.305 e. The van der Waals surface area contributed by atoms with E-state index in [1.807, 2.05) is 4.90 Å². The molecule has 0 bridgehead atoms. The van der Waals surface area contributed by atoms with Crippen molar-refractivity contribution in [2.45, 2.75) is 19.8 Å². The molecule has 1 amide bonds. The van der Waals surface area contributed by atoms with E-state index in [0.29, 0.717) is 38.5 Å². The first-order valence-corrected chi connectivity index (χ1v) is 6.41. The molecule has 1 saturated heterocycles. The summed E-state index contributed by atoms with van der Waals surface area (Å²) in [6, 6.07) is 0. The van der Waals surface area contributed by atoms with Crippen LogP contribution in [0, 0.1) is 5.92 Å². The zero-order valence-electron chi connectivity index (χ0n) is 10.9. The number of rotatable bonds is 8. The summed E-state index contributed by atoms with van der Waals surface area (Å²) in [7, 11) is 0. The standard InChI is InChI=1S/C12H22N2O4/c1-2-18-12(17)4-3-5-13-11(16)8-14-6-10(7-14)9-15/h10,15H,2-9H2,1H3,(H,13,16). The van der Waals surface area contributed by atoms with Crippen LogP contribution in [0.15, 0.2) is 0 Å². The maximum absolute atomic E-state index is 11.5. The average Bonchev–Trinajstić information content (AvgIpc) is 2.29. The molecular weight excluding hydrogens is 236 g/mol. The molecule has 0 aromatic rings. The monoisotopic (exact) mass is 258 g/mol. The molecule has 2 N–H and O–H groups in total. The molecule has 1 fully saturated rings. The van der Waals surface area contributed by atoms with Crippen molar-refractivity contribution in [3.8, 4) is 0 Å². The Morgan fingerprint density at radius 2 is 2.17 bits per heavy atom. The Morgan fingerprint density at radius 3 is 2.78 bits per heavy atom. The lowest BCUT2D eigenvalue weighted by atomic mass is 10.0. The van der Waals surface area contributed by atoms with Crippen molar-refractivity contribution in [2.75, 3.05) is 39.4 Å². The summed E-state index contributed by atoms with van der Waals surface area (Å²) in [5, 5.41) is 11.6. The predicted octanol–water partition coefficient (Wildman–Crippen LogP) is -0.630. The summed E-state index contributed by atoms with van der Waals surface area (Å²) < 4.78 is 4.78. The highest BCUT2D eigenvalue weighted by Gasteiger charge is 2.26. The van der Waals surface area contributed by atoms with Gasteiger partial charge in [0.2, 0.25) is 5.91 Å². The number of ether oxygens (including phenoxy) is 1. The van der Waals surface area contributed by atoms with Gasteiger partial charge in [0.1, 0.15) is 0 Å². The molecule has 1 aliphatic heterocycles. The minimum Gasteiger partial charge on any atom is -0.466 e. The van der Waals surface area contributed by atoms with Gasteiger partial charge >= 0.3 is 5.97 Å². The van der Waals surface area contributed by atoms with Gasteiger partial charge in [-0.1, -0.05) is 0 Å². The van der Waals surface area contributed by atoms with Crippen LogP contribution in [-0.2, 0) is 14.3 Å². The number of esters is 1. The maximum atomic E-state index is 11.5. The summed E-state index contributed by atoms with van der Waals surface area (Å²) in [6.45, 7) is 4.79. The highest BCUT2D eigenvalue weighted by molar-refractivity contribution is 5.78. The Bertz CT molecular complexity index is 277. The molecule has 1 aliphatic rings. The number of hydrogen-bond acceptors (Lipinski definition) is 5. The Kier molecular flexibility index (Phi) is 6.67. The number of hydrogen-bond donors (Lipinski definition) is 2. The molecule has 0 aromatic carbocycles. The van der Waals surface area contributed by atoms with Crippen LogP contribution in [0.3, 0.4) is 0 Å². The van der Waals surface area contributed by atoms with Crippen LogP contribution in [0.5, 0.6) is 0 Å². The van der Waals surface area contributed by atoms with Crippen molar-refractivity contribution in [1.29, 1.82) is 0 Å². The zero-order valence-corrected chi connectivity index (χ0v) is 10.9. The van der Waals surface area contributed by atoms with E-state index in [1.54, 1.807) is 6.92 Å². The second kappa shape index (κ2) is 8.05. The minimum atomic E-state index is -0.222. The Balaban J connectivity index is 1.96. The SMILES string of the molecule is CCOC(=O)CCCNC(=O)CN1CC(CO)C1. The Morgan fingerprint density at radius 1 is 1.44 bits per heavy atom. The minimum absolute atomic E-state index is 0.0322. The number of likely N-dealkylation sites (tertiary alicyclic amines) is 1. The molecular formula is C12H22N2O4. The number of nitrogens with one attached hydrogen (secondary N) is 1. The third kappa shape index (κ3) is 5.46. The third-order valence-electron chi connectivity index (χ3n) is 2.84. The first-order chi connectivity index (χ1) is 8.65. The van der Waals surface area contributed by atoms with Gasteiger partial charge in [-0.15, -0.1) is 0 Å². The van der Waals surface area contributed by atoms with Gasteiger partial charge in [0.15, 0.2) is 0 Å². The fraction of sp³-hybridized carbons (Fsp3) is 0.833. The number of amides is 1. The summed E-state index contributed by atoms with van der Waals surface area (Å²) in [5.41, 5.74) is 0. The van der Waals surface area contributed by atoms with Gasteiger partial charge in [-0.25, -0.2) is 0 Å². The molecule has 18 heavy (non-hydrogen) atoms. The Hall–Kier alpha value is -1.14. The quantitative estimate of drug-likeness (QED) is 0.448. The fourth-order valence-electron chi connectivity index (χ4n) is 1.87. The molecule has 0 aliphatic carbocycles. The van der Waals surface area contributed by atoms with Crippen LogP contribution in [0.25, 0.3) is 0 Å². The average molecular weight is 258 g/mol. The van der Waals surface area contributed by atoms with Crippen LogP contribution in [0.1, 0.15) is 19.8 Å². The first kappa shape index (κ1) is 14.9. The van der Waals surface area contributed by atoms with Gasteiger partial charge in [0.05, 0.1) is 13.2 Å². The molecule has 6 nitrogen and oxygen atoms in total. The molecule has 1 heterocycles. The highest BCUT2D eigenvalue weighted by atomic mass is 16.5. The largest absolute Gasteiger partial charge is 0.466 e. The summed E-state index contributed by atoms with van der Waals surface area (Å²) >= 11 is 0. The molecule has 0 spiro atoms. The van der Waals surface area contributed by atoms with Gasteiger partial charge < -0.3 is 15.2 Å². The molecule has 1 rings (SSSR count). The normalized spacial score (nSPS) is 16.1. The molecule has 0 saturated carbocycles. The second-order valence-corrected chi connectivity index (χ2v) is 4.50. The number of aliphatic hydroxyl groups is 1. The van der Waals surface area contributed by atoms with Crippen LogP contribution in [0.2, 0.25) is 0 Å². The van der Waals surface area contributed by atoms with Crippen molar-refractivity contribution in [3.05, 3.63) is 0 Å². The number of aliphatic hydroxyl groups excluding tert-OH is 1. The van der Waals surface area contributed by atoms with E-state index in [1.165, 1.54) is 0 Å². The summed E-state index contributed by atoms with van der Waals surface area (Å²) in [6.07, 6.45) is 0.939. The number of carbonyl (C=O) groups excluding carboxylic acids is 2. The van der Waals surface area contributed by atoms with Crippen LogP contribution >= 0.6 is 0 Å². The van der Waals surface area contributed by atoms with Gasteiger partial charge in [-0.3, -0.25) is 14.5 Å². The van der Waals surface area contributed by atoms with Gasteiger partial charge in [-0.2, -0.15) is 0 Å². The topological polar surface area (TPSA) is 78.9 Å². The summed E-state index contributed by atoms with van der Waals surface area (Å²) in [5.74, 6) is 0.0668. The van der Waals surface area contributed by atoms with Crippen molar-refractivity contribution in [1.82, 2.24) is 10.2 Å². The van der Waals surface area contributed by atoms with E-state index < -0.39 is 0 Å². The number of nitrogens with zero attached hydrogens (tertiary/aromatic N) is 1. The van der Waals surface area contributed by atoms with Crippen LogP contribution in [0.4, 0.5) is 0 Å². The number of carbonyl (C=O) groups is 2. The zero-order chi connectivity index (χ0) is 13.4. The van der Waals surface area contributed by atoms with Crippen molar-refractivity contribution in [3.63, 3.8) is 0 Å². The van der Waals surface area contributed by atoms with E-state index in [2.05, 4.69) is 5.32 Å². The predicted molar refractivity (Wildman–Crippen MR) is 65.9 cm³/mol. The molecule has 104 valence electrons. The molecule has 6 heteroatoms. The van der Waals surface area contributed by atoms with Crippen molar-refractivity contribution >= 4 is 11.9 Å². The Labute approximate surface area is 107 Å². The van der Waals surface area contributed by atoms with E-state index in [4.69, 9.17) is 9.84 Å². The third-order valence-corrected chi connectivity index (χ3v) is 2.84. The molecule has 0 aromatic heterocycles. The van der Waals surface area contributed by atoms with E-state index in [0.717, 1.165) is 13.1 Å². The highest BCUT2D eigenvalue weighted by Crippen LogP contribution is 2.13. The lowest BCUT2D eigenvalue weighted by Gasteiger charge is -2.37. The molecule has 0 radical (unpaired) electrons. The summed E-state index contributed by atoms with van der Waals surface area (Å²) in [4.78, 5) is 24.5. The fourth-order valence-corrected chi connectivity index (χ4v) is 1.87. The second-order valence-electron chi connectivity index (χ2n) is 4.50. The molecule has 0 unspecified atom stereocenters. The van der Waals surface area contributed by atoms with Crippen LogP contribution < -0.4 is 5.32 Å². The van der Waals surface area contributed by atoms with E-state index in [9.17, 15) is 9.59 Å². The van der Waals surface area contributed by atoms with Crippen molar-refractivity contribution < 1.29 is 19.4 Å². The van der Waals surface area contributed by atoms with E-state index in [-0.39, 0.29) is 18.5 Å². The van der Waals surface area contributed by atoms with Crippen LogP contribution in [-0.4, -0.2) is 61.3 Å².